The molecule has 3 aromatic rings. The van der Waals surface area contributed by atoms with Crippen LogP contribution in [-0.4, -0.2) is 64.0 Å². The standard InChI is InChI=1S/C14H15N7O2.C5H10O.C4H8O/c1-15-11-6-10(19-9-4-3-5-17-14(9)23)20-12-8(13(22)16-2)7-18-21(11)12;1-6-5-3-2-4-5;5-4-2-1-3-4/h3-7,15H,1-2H3,(H,16,22)(H,17,23)(H,19,20);5H,2-4H2,1H3;4-5H,1-3H2. The second kappa shape index (κ2) is 12.1. The van der Waals surface area contributed by atoms with Crippen molar-refractivity contribution in [1.82, 2.24) is 24.9 Å². The van der Waals surface area contributed by atoms with Crippen LogP contribution in [0.3, 0.4) is 0 Å². The van der Waals surface area contributed by atoms with Crippen LogP contribution in [0.2, 0.25) is 0 Å². The van der Waals surface area contributed by atoms with E-state index in [1.54, 1.807) is 38.6 Å². The Balaban J connectivity index is 0.000000239. The molecule has 2 fully saturated rings. The fourth-order valence-electron chi connectivity index (χ4n) is 3.15. The smallest absolute Gasteiger partial charge is 0.271 e. The lowest BCUT2D eigenvalue weighted by molar-refractivity contribution is 0.0412. The summed E-state index contributed by atoms with van der Waals surface area (Å²) >= 11 is 0. The number of carbonyl (C=O) groups excluding carboxylic acids is 1. The average molecular weight is 472 g/mol. The Morgan fingerprint density at radius 3 is 2.41 bits per heavy atom. The number of H-pyrrole nitrogens is 1. The van der Waals surface area contributed by atoms with Crippen molar-refractivity contribution in [2.45, 2.75) is 50.7 Å². The third-order valence-corrected chi connectivity index (χ3v) is 5.74. The monoisotopic (exact) mass is 471 g/mol. The number of methoxy groups -OCH3 is 1. The van der Waals surface area contributed by atoms with E-state index in [2.05, 4.69) is 31.0 Å². The van der Waals surface area contributed by atoms with E-state index < -0.39 is 0 Å². The number of fused-ring (bicyclic) bond motifs is 1. The van der Waals surface area contributed by atoms with Gasteiger partial charge in [-0.2, -0.15) is 9.61 Å². The summed E-state index contributed by atoms with van der Waals surface area (Å²) in [5.41, 5.74) is 0.813. The van der Waals surface area contributed by atoms with E-state index in [1.807, 2.05) is 0 Å². The lowest BCUT2D eigenvalue weighted by atomic mass is 9.96. The van der Waals surface area contributed by atoms with Crippen molar-refractivity contribution in [3.8, 4) is 0 Å². The van der Waals surface area contributed by atoms with E-state index in [-0.39, 0.29) is 17.6 Å². The maximum absolute atomic E-state index is 11.9. The fraction of sp³-hybridized carbons (Fsp3) is 0.478. The van der Waals surface area contributed by atoms with Gasteiger partial charge in [0, 0.05) is 33.5 Å². The van der Waals surface area contributed by atoms with Gasteiger partial charge in [-0.05, 0) is 50.7 Å². The van der Waals surface area contributed by atoms with Crippen molar-refractivity contribution < 1.29 is 14.6 Å². The van der Waals surface area contributed by atoms with Crippen molar-refractivity contribution in [2.24, 2.45) is 0 Å². The molecule has 1 amide bonds. The van der Waals surface area contributed by atoms with Crippen LogP contribution in [0, 0.1) is 0 Å². The number of aliphatic hydroxyl groups excluding tert-OH is 1. The van der Waals surface area contributed by atoms with Gasteiger partial charge in [0.1, 0.15) is 22.9 Å². The summed E-state index contributed by atoms with van der Waals surface area (Å²) in [7, 11) is 5.05. The molecule has 0 radical (unpaired) electrons. The molecule has 11 heteroatoms. The summed E-state index contributed by atoms with van der Waals surface area (Å²) in [6.45, 7) is 0. The normalized spacial score (nSPS) is 15.1. The zero-order valence-electron chi connectivity index (χ0n) is 19.8. The number of hydrogen-bond acceptors (Lipinski definition) is 8. The predicted octanol–water partition coefficient (Wildman–Crippen LogP) is 2.28. The number of pyridine rings is 1. The second-order valence-corrected chi connectivity index (χ2v) is 8.06. The highest BCUT2D eigenvalue weighted by Crippen LogP contribution is 2.21. The highest BCUT2D eigenvalue weighted by molar-refractivity contribution is 5.99. The summed E-state index contributed by atoms with van der Waals surface area (Å²) in [6, 6.07) is 5.04. The molecule has 5 rings (SSSR count). The minimum Gasteiger partial charge on any atom is -0.393 e. The number of aromatic amines is 1. The largest absolute Gasteiger partial charge is 0.393 e. The van der Waals surface area contributed by atoms with Gasteiger partial charge in [-0.25, -0.2) is 4.98 Å². The molecule has 2 saturated carbocycles. The lowest BCUT2D eigenvalue weighted by Crippen LogP contribution is -2.18. The number of aromatic nitrogens is 4. The van der Waals surface area contributed by atoms with E-state index in [9.17, 15) is 9.59 Å². The van der Waals surface area contributed by atoms with Gasteiger partial charge in [0.2, 0.25) is 0 Å². The maximum Gasteiger partial charge on any atom is 0.271 e. The number of hydrogen-bond donors (Lipinski definition) is 5. The number of ether oxygens (including phenoxy) is 1. The molecule has 3 heterocycles. The van der Waals surface area contributed by atoms with Crippen LogP contribution in [0.4, 0.5) is 17.3 Å². The number of nitrogens with zero attached hydrogens (tertiary/aromatic N) is 3. The van der Waals surface area contributed by atoms with Gasteiger partial charge < -0.3 is 30.8 Å². The Hall–Kier alpha value is -3.44. The van der Waals surface area contributed by atoms with Crippen LogP contribution in [-0.2, 0) is 4.74 Å². The van der Waals surface area contributed by atoms with E-state index >= 15 is 0 Å². The lowest BCUT2D eigenvalue weighted by Gasteiger charge is -2.22. The minimum absolute atomic E-state index is 0.0648. The molecule has 184 valence electrons. The van der Waals surface area contributed by atoms with Gasteiger partial charge in [0.05, 0.1) is 18.4 Å². The van der Waals surface area contributed by atoms with Crippen molar-refractivity contribution >= 4 is 28.9 Å². The number of anilines is 3. The molecular formula is C23H33N7O4. The van der Waals surface area contributed by atoms with Crippen LogP contribution >= 0.6 is 0 Å². The molecule has 0 saturated heterocycles. The van der Waals surface area contributed by atoms with Gasteiger partial charge >= 0.3 is 0 Å². The molecule has 0 atom stereocenters. The minimum atomic E-state index is -0.288. The Morgan fingerprint density at radius 1 is 1.24 bits per heavy atom. The SMILES string of the molecule is CNC(=O)c1cnn2c(NC)cc(Nc3ccc[nH]c3=O)nc12.COC1CCC1.OC1CCC1. The van der Waals surface area contributed by atoms with Crippen LogP contribution in [0.25, 0.3) is 5.65 Å². The van der Waals surface area contributed by atoms with Gasteiger partial charge in [0.15, 0.2) is 5.65 Å². The first-order valence-corrected chi connectivity index (χ1v) is 11.4. The van der Waals surface area contributed by atoms with Gasteiger partial charge in [0.25, 0.3) is 11.5 Å². The van der Waals surface area contributed by atoms with Gasteiger partial charge in [-0.3, -0.25) is 9.59 Å². The molecular weight excluding hydrogens is 438 g/mol. The van der Waals surface area contributed by atoms with Crippen molar-refractivity contribution in [2.75, 3.05) is 31.8 Å². The number of amides is 1. The van der Waals surface area contributed by atoms with E-state index in [0.29, 0.717) is 34.6 Å². The molecule has 5 N–H and O–H groups in total. The summed E-state index contributed by atoms with van der Waals surface area (Å²) in [5.74, 6) is 0.758. The Kier molecular flexibility index (Phi) is 9.00. The van der Waals surface area contributed by atoms with Crippen LogP contribution in [0.1, 0.15) is 48.9 Å². The molecule has 0 aromatic carbocycles. The van der Waals surface area contributed by atoms with E-state index in [4.69, 9.17) is 9.84 Å². The first-order valence-electron chi connectivity index (χ1n) is 11.4. The van der Waals surface area contributed by atoms with Crippen LogP contribution < -0.4 is 21.5 Å². The topological polar surface area (TPSA) is 146 Å². The molecule has 0 bridgehead atoms. The highest BCUT2D eigenvalue weighted by atomic mass is 16.5. The first-order chi connectivity index (χ1) is 16.5. The van der Waals surface area contributed by atoms with Crippen molar-refractivity contribution in [3.63, 3.8) is 0 Å². The number of aliphatic hydroxyl groups is 1. The van der Waals surface area contributed by atoms with Crippen LogP contribution in [0.5, 0.6) is 0 Å². The average Bonchev–Trinajstić information content (AvgIpc) is 3.22. The molecule has 0 unspecified atom stereocenters. The third kappa shape index (κ3) is 6.33. The third-order valence-electron chi connectivity index (χ3n) is 5.74. The quantitative estimate of drug-likeness (QED) is 0.381. The Morgan fingerprint density at radius 2 is 1.94 bits per heavy atom. The first kappa shape index (κ1) is 25.2. The fourth-order valence-corrected chi connectivity index (χ4v) is 3.15. The maximum atomic E-state index is 11.9. The molecule has 11 nitrogen and oxygen atoms in total. The summed E-state index contributed by atoms with van der Waals surface area (Å²) in [5, 5.41) is 21.1. The number of nitrogens with one attached hydrogen (secondary N) is 4. The van der Waals surface area contributed by atoms with Gasteiger partial charge in [-0.15, -0.1) is 0 Å². The second-order valence-electron chi connectivity index (χ2n) is 8.06. The van der Waals surface area contributed by atoms with Crippen LogP contribution in [0.15, 0.2) is 35.4 Å². The summed E-state index contributed by atoms with van der Waals surface area (Å²) < 4.78 is 6.50. The molecule has 0 spiro atoms. The Labute approximate surface area is 197 Å². The zero-order valence-corrected chi connectivity index (χ0v) is 19.8. The summed E-state index contributed by atoms with van der Waals surface area (Å²) in [4.78, 5) is 30.6. The van der Waals surface area contributed by atoms with E-state index in [0.717, 1.165) is 12.8 Å². The Bertz CT molecular complexity index is 1130. The predicted molar refractivity (Wildman–Crippen MR) is 131 cm³/mol. The van der Waals surface area contributed by atoms with Crippen molar-refractivity contribution in [3.05, 3.63) is 46.5 Å². The molecule has 34 heavy (non-hydrogen) atoms. The molecule has 2 aliphatic rings. The highest BCUT2D eigenvalue weighted by Gasteiger charge is 2.16. The molecule has 0 aliphatic heterocycles. The van der Waals surface area contributed by atoms with Gasteiger partial charge in [-0.1, -0.05) is 0 Å². The van der Waals surface area contributed by atoms with E-state index in [1.165, 1.54) is 43.4 Å². The van der Waals surface area contributed by atoms with Crippen molar-refractivity contribution in [1.29, 1.82) is 0 Å². The summed E-state index contributed by atoms with van der Waals surface area (Å²) in [6.07, 6.45) is 10.9. The zero-order chi connectivity index (χ0) is 24.5. The number of rotatable bonds is 5. The molecule has 3 aromatic heterocycles. The number of carbonyl (C=O) groups is 1. The molecule has 2 aliphatic carbocycles.